The van der Waals surface area contributed by atoms with Crippen molar-refractivity contribution in [2.75, 3.05) is 0 Å². The predicted octanol–water partition coefficient (Wildman–Crippen LogP) is 3.09. The first-order valence-corrected chi connectivity index (χ1v) is 7.66. The molecule has 0 aliphatic rings. The number of hydrogen-bond donors (Lipinski definition) is 2. The van der Waals surface area contributed by atoms with Crippen molar-refractivity contribution in [3.05, 3.63) is 31.8 Å². The molecule has 1 aromatic carbocycles. The van der Waals surface area contributed by atoms with Crippen molar-refractivity contribution >= 4 is 61.6 Å². The van der Waals surface area contributed by atoms with Gasteiger partial charge in [-0.2, -0.15) is 0 Å². The minimum absolute atomic E-state index is 0.160. The zero-order chi connectivity index (χ0) is 13.9. The number of hydrogen-bond acceptors (Lipinski definition) is 2. The van der Waals surface area contributed by atoms with Crippen LogP contribution in [0, 0.1) is 9.49 Å². The van der Waals surface area contributed by atoms with E-state index in [1.807, 2.05) is 26.0 Å². The molecule has 0 aliphatic heterocycles. The lowest BCUT2D eigenvalue weighted by Crippen LogP contribution is -2.47. The smallest absolute Gasteiger partial charge is 0.252 e. The van der Waals surface area contributed by atoms with Gasteiger partial charge in [0, 0.05) is 8.04 Å². The molecule has 1 amide bonds. The molecule has 0 bridgehead atoms. The Balaban J connectivity index is 2.94. The summed E-state index contributed by atoms with van der Waals surface area (Å²) in [5, 5.41) is 2.87. The van der Waals surface area contributed by atoms with E-state index in [1.54, 1.807) is 6.07 Å². The van der Waals surface area contributed by atoms with Gasteiger partial charge in [-0.15, -0.1) is 0 Å². The van der Waals surface area contributed by atoms with Crippen LogP contribution < -0.4 is 11.1 Å². The highest BCUT2D eigenvalue weighted by Crippen LogP contribution is 2.18. The van der Waals surface area contributed by atoms with Crippen LogP contribution in [0.1, 0.15) is 24.2 Å². The third-order valence-electron chi connectivity index (χ3n) is 2.43. The van der Waals surface area contributed by atoms with Gasteiger partial charge >= 0.3 is 0 Å². The molecule has 1 rings (SSSR count). The molecule has 1 unspecified atom stereocenters. The summed E-state index contributed by atoms with van der Waals surface area (Å²) in [6.45, 7) is 3.94. The third kappa shape index (κ3) is 4.17. The molecular weight excluding hydrogens is 427 g/mol. The van der Waals surface area contributed by atoms with Gasteiger partial charge in [-0.3, -0.25) is 4.79 Å². The highest BCUT2D eigenvalue weighted by molar-refractivity contribution is 14.1. The Labute approximate surface area is 134 Å². The molecule has 18 heavy (non-hydrogen) atoms. The van der Waals surface area contributed by atoms with Gasteiger partial charge in [0.15, 0.2) is 0 Å². The van der Waals surface area contributed by atoms with Crippen molar-refractivity contribution < 1.29 is 4.79 Å². The summed E-state index contributed by atoms with van der Waals surface area (Å²) in [5.74, 6) is 0.00321. The summed E-state index contributed by atoms with van der Waals surface area (Å²) in [7, 11) is 0. The number of carbonyl (C=O) groups excluding carboxylic acids is 1. The van der Waals surface area contributed by atoms with Gasteiger partial charge in [-0.25, -0.2) is 0 Å². The monoisotopic (exact) mass is 440 g/mol. The summed E-state index contributed by atoms with van der Waals surface area (Å²) in [5.41, 5.74) is 6.26. The van der Waals surface area contributed by atoms with E-state index in [2.05, 4.69) is 43.8 Å². The second-order valence-electron chi connectivity index (χ2n) is 4.22. The molecule has 0 heterocycles. The highest BCUT2D eigenvalue weighted by atomic mass is 127. The Hall–Kier alpha value is -0.210. The second-order valence-corrected chi connectivity index (χ2v) is 6.77. The topological polar surface area (TPSA) is 55.1 Å². The van der Waals surface area contributed by atoms with Crippen LogP contribution in [0.3, 0.4) is 0 Å². The first kappa shape index (κ1) is 15.8. The standard InChI is InChI=1S/C12H14BrIN2OS/c1-6(2)10(11(15)18)16-12(17)8-5-7(13)3-4-9(8)14/h3-6,10H,1-2H3,(H2,15,18)(H,16,17). The quantitative estimate of drug-likeness (QED) is 0.558. The van der Waals surface area contributed by atoms with E-state index in [0.29, 0.717) is 10.6 Å². The minimum Gasteiger partial charge on any atom is -0.392 e. The van der Waals surface area contributed by atoms with E-state index >= 15 is 0 Å². The van der Waals surface area contributed by atoms with E-state index in [0.717, 1.165) is 8.04 Å². The maximum atomic E-state index is 12.2. The van der Waals surface area contributed by atoms with Crippen LogP contribution in [-0.2, 0) is 0 Å². The Morgan fingerprint density at radius 2 is 2.11 bits per heavy atom. The Bertz CT molecular complexity index is 479. The molecule has 0 aliphatic carbocycles. The molecule has 0 fully saturated rings. The third-order valence-corrected chi connectivity index (χ3v) is 4.12. The zero-order valence-electron chi connectivity index (χ0n) is 10.0. The van der Waals surface area contributed by atoms with Gasteiger partial charge < -0.3 is 11.1 Å². The van der Waals surface area contributed by atoms with Crippen LogP contribution >= 0.6 is 50.7 Å². The van der Waals surface area contributed by atoms with E-state index in [1.165, 1.54) is 0 Å². The minimum atomic E-state index is -0.290. The zero-order valence-corrected chi connectivity index (χ0v) is 14.6. The lowest BCUT2D eigenvalue weighted by molar-refractivity contribution is 0.0939. The maximum absolute atomic E-state index is 12.2. The SMILES string of the molecule is CC(C)C(NC(=O)c1cc(Br)ccc1I)C(N)=S. The van der Waals surface area contributed by atoms with Gasteiger partial charge in [0.2, 0.25) is 0 Å². The Morgan fingerprint density at radius 3 is 2.61 bits per heavy atom. The molecule has 0 saturated carbocycles. The van der Waals surface area contributed by atoms with Gasteiger partial charge in [0.1, 0.15) is 0 Å². The van der Waals surface area contributed by atoms with E-state index in [9.17, 15) is 4.79 Å². The van der Waals surface area contributed by atoms with Crippen LogP contribution in [0.5, 0.6) is 0 Å². The number of amides is 1. The molecule has 0 spiro atoms. The average Bonchev–Trinajstić information content (AvgIpc) is 2.28. The lowest BCUT2D eigenvalue weighted by atomic mass is 10.0. The number of halogens is 2. The molecule has 0 radical (unpaired) electrons. The number of benzene rings is 1. The summed E-state index contributed by atoms with van der Waals surface area (Å²) < 4.78 is 1.75. The van der Waals surface area contributed by atoms with Crippen LogP contribution in [0.25, 0.3) is 0 Å². The summed E-state index contributed by atoms with van der Waals surface area (Å²) in [4.78, 5) is 12.5. The fourth-order valence-corrected chi connectivity index (χ4v) is 2.73. The predicted molar refractivity (Wildman–Crippen MR) is 89.7 cm³/mol. The summed E-state index contributed by atoms with van der Waals surface area (Å²) in [6, 6.07) is 5.27. The second kappa shape index (κ2) is 6.81. The van der Waals surface area contributed by atoms with E-state index in [-0.39, 0.29) is 17.9 Å². The van der Waals surface area contributed by atoms with E-state index in [4.69, 9.17) is 18.0 Å². The number of carbonyl (C=O) groups is 1. The number of nitrogens with one attached hydrogen (secondary N) is 1. The normalized spacial score (nSPS) is 12.3. The van der Waals surface area contributed by atoms with Crippen molar-refractivity contribution in [2.45, 2.75) is 19.9 Å². The molecule has 0 saturated heterocycles. The molecule has 1 aromatic rings. The molecule has 3 N–H and O–H groups in total. The molecular formula is C12H14BrIN2OS. The van der Waals surface area contributed by atoms with Crippen molar-refractivity contribution in [3.8, 4) is 0 Å². The molecule has 98 valence electrons. The first-order chi connectivity index (χ1) is 8.32. The summed E-state index contributed by atoms with van der Waals surface area (Å²) >= 11 is 10.5. The van der Waals surface area contributed by atoms with Crippen molar-refractivity contribution in [2.24, 2.45) is 11.7 Å². The van der Waals surface area contributed by atoms with Crippen molar-refractivity contribution in [1.29, 1.82) is 0 Å². The number of nitrogens with two attached hydrogens (primary N) is 1. The fraction of sp³-hybridized carbons (Fsp3) is 0.333. The molecule has 6 heteroatoms. The van der Waals surface area contributed by atoms with Crippen molar-refractivity contribution in [1.82, 2.24) is 5.32 Å². The molecule has 1 atom stereocenters. The number of thiocarbonyl (C=S) groups is 1. The van der Waals surface area contributed by atoms with Gasteiger partial charge in [-0.1, -0.05) is 42.0 Å². The first-order valence-electron chi connectivity index (χ1n) is 5.38. The van der Waals surface area contributed by atoms with Crippen LogP contribution in [-0.4, -0.2) is 16.9 Å². The van der Waals surface area contributed by atoms with Gasteiger partial charge in [0.25, 0.3) is 5.91 Å². The van der Waals surface area contributed by atoms with Gasteiger partial charge in [-0.05, 0) is 46.7 Å². The van der Waals surface area contributed by atoms with Gasteiger partial charge in [0.05, 0.1) is 16.6 Å². The van der Waals surface area contributed by atoms with Crippen LogP contribution in [0.2, 0.25) is 0 Å². The Kier molecular flexibility index (Phi) is 6.00. The highest BCUT2D eigenvalue weighted by Gasteiger charge is 2.20. The van der Waals surface area contributed by atoms with Crippen molar-refractivity contribution in [3.63, 3.8) is 0 Å². The lowest BCUT2D eigenvalue weighted by Gasteiger charge is -2.21. The fourth-order valence-electron chi connectivity index (χ4n) is 1.46. The van der Waals surface area contributed by atoms with E-state index < -0.39 is 0 Å². The van der Waals surface area contributed by atoms with Crippen LogP contribution in [0.15, 0.2) is 22.7 Å². The van der Waals surface area contributed by atoms with Crippen LogP contribution in [0.4, 0.5) is 0 Å². The molecule has 0 aromatic heterocycles. The molecule has 3 nitrogen and oxygen atoms in total. The average molecular weight is 441 g/mol. The number of rotatable bonds is 4. The summed E-state index contributed by atoms with van der Waals surface area (Å²) in [6.07, 6.45) is 0. The Morgan fingerprint density at radius 1 is 1.50 bits per heavy atom. The maximum Gasteiger partial charge on any atom is 0.252 e. The largest absolute Gasteiger partial charge is 0.392 e.